The van der Waals surface area contributed by atoms with Crippen LogP contribution in [0.3, 0.4) is 0 Å². The lowest BCUT2D eigenvalue weighted by molar-refractivity contribution is 0.290. The van der Waals surface area contributed by atoms with Crippen molar-refractivity contribution in [2.24, 2.45) is 12.5 Å². The molecule has 0 aliphatic heterocycles. The summed E-state index contributed by atoms with van der Waals surface area (Å²) in [7, 11) is 2.03. The van der Waals surface area contributed by atoms with Crippen molar-refractivity contribution in [2.75, 3.05) is 13.1 Å². The molecule has 19 heavy (non-hydrogen) atoms. The van der Waals surface area contributed by atoms with Gasteiger partial charge in [0.1, 0.15) is 0 Å². The average molecular weight is 259 g/mol. The van der Waals surface area contributed by atoms with Gasteiger partial charge in [-0.25, -0.2) is 0 Å². The topological polar surface area (TPSA) is 29.9 Å². The Morgan fingerprint density at radius 3 is 2.68 bits per heavy atom. The summed E-state index contributed by atoms with van der Waals surface area (Å²) in [6.45, 7) is 8.84. The van der Waals surface area contributed by atoms with E-state index >= 15 is 0 Å². The third-order valence-electron chi connectivity index (χ3n) is 4.08. The fourth-order valence-corrected chi connectivity index (χ4v) is 2.56. The van der Waals surface area contributed by atoms with Crippen LogP contribution in [0.15, 0.2) is 24.3 Å². The van der Waals surface area contributed by atoms with Crippen LogP contribution in [0.25, 0.3) is 10.9 Å². The van der Waals surface area contributed by atoms with Crippen molar-refractivity contribution in [1.29, 1.82) is 0 Å². The van der Waals surface area contributed by atoms with Gasteiger partial charge in [0, 0.05) is 19.0 Å². The van der Waals surface area contributed by atoms with Gasteiger partial charge in [0.2, 0.25) is 0 Å². The van der Waals surface area contributed by atoms with Crippen LogP contribution in [-0.2, 0) is 13.5 Å². The van der Waals surface area contributed by atoms with Crippen LogP contribution >= 0.6 is 0 Å². The quantitative estimate of drug-likeness (QED) is 0.863. The van der Waals surface area contributed by atoms with Gasteiger partial charge in [0.25, 0.3) is 0 Å². The Kier molecular flexibility index (Phi) is 4.25. The highest BCUT2D eigenvalue weighted by atomic mass is 15.3. The molecule has 1 aromatic carbocycles. The van der Waals surface area contributed by atoms with Crippen LogP contribution in [0, 0.1) is 5.41 Å². The standard InChI is InChI=1S/C16H25N3/c1-5-16(3,12-17-6-2)11-14-13-9-7-8-10-15(13)19(4)18-14/h7-10,17H,5-6,11-12H2,1-4H3. The van der Waals surface area contributed by atoms with E-state index in [2.05, 4.69) is 50.4 Å². The van der Waals surface area contributed by atoms with Crippen LogP contribution in [0.2, 0.25) is 0 Å². The molecule has 0 radical (unpaired) electrons. The highest BCUT2D eigenvalue weighted by Crippen LogP contribution is 2.29. The van der Waals surface area contributed by atoms with Gasteiger partial charge < -0.3 is 5.32 Å². The second-order valence-electron chi connectivity index (χ2n) is 5.71. The van der Waals surface area contributed by atoms with Crippen LogP contribution in [0.5, 0.6) is 0 Å². The minimum absolute atomic E-state index is 0.271. The van der Waals surface area contributed by atoms with Gasteiger partial charge in [-0.15, -0.1) is 0 Å². The van der Waals surface area contributed by atoms with Gasteiger partial charge in [-0.3, -0.25) is 4.68 Å². The Hall–Kier alpha value is -1.35. The number of nitrogens with one attached hydrogen (secondary N) is 1. The molecule has 0 aliphatic carbocycles. The maximum absolute atomic E-state index is 4.72. The normalized spacial score (nSPS) is 14.7. The molecular weight excluding hydrogens is 234 g/mol. The second-order valence-corrected chi connectivity index (χ2v) is 5.71. The summed E-state index contributed by atoms with van der Waals surface area (Å²) < 4.78 is 1.99. The lowest BCUT2D eigenvalue weighted by Gasteiger charge is -2.27. The molecule has 3 nitrogen and oxygen atoms in total. The number of nitrogens with zero attached hydrogens (tertiary/aromatic N) is 2. The van der Waals surface area contributed by atoms with E-state index in [0.717, 1.165) is 25.9 Å². The second kappa shape index (κ2) is 5.74. The van der Waals surface area contributed by atoms with E-state index in [9.17, 15) is 0 Å². The van der Waals surface area contributed by atoms with E-state index in [4.69, 9.17) is 5.10 Å². The third kappa shape index (κ3) is 2.98. The largest absolute Gasteiger partial charge is 0.316 e. The Morgan fingerprint density at radius 1 is 1.26 bits per heavy atom. The fraction of sp³-hybridized carbons (Fsp3) is 0.562. The molecule has 2 rings (SSSR count). The number of aryl methyl sites for hydroxylation is 1. The molecule has 1 N–H and O–H groups in total. The molecule has 0 spiro atoms. The molecule has 0 amide bonds. The molecule has 0 aliphatic rings. The summed E-state index contributed by atoms with van der Waals surface area (Å²) in [5.74, 6) is 0. The lowest BCUT2D eigenvalue weighted by atomic mass is 9.82. The first kappa shape index (κ1) is 14.1. The zero-order valence-corrected chi connectivity index (χ0v) is 12.5. The van der Waals surface area contributed by atoms with Crippen LogP contribution in [-0.4, -0.2) is 22.9 Å². The Morgan fingerprint density at radius 2 is 2.00 bits per heavy atom. The van der Waals surface area contributed by atoms with Gasteiger partial charge in [-0.2, -0.15) is 5.10 Å². The Balaban J connectivity index is 2.29. The van der Waals surface area contributed by atoms with Crippen LogP contribution in [0.1, 0.15) is 32.9 Å². The zero-order valence-electron chi connectivity index (χ0n) is 12.5. The Labute approximate surface area is 116 Å². The lowest BCUT2D eigenvalue weighted by Crippen LogP contribution is -2.33. The molecule has 104 valence electrons. The smallest absolute Gasteiger partial charge is 0.0709 e. The number of rotatable bonds is 6. The summed E-state index contributed by atoms with van der Waals surface area (Å²) in [4.78, 5) is 0. The SMILES string of the molecule is CCNCC(C)(CC)Cc1nn(C)c2ccccc12. The van der Waals surface area contributed by atoms with Crippen LogP contribution in [0.4, 0.5) is 0 Å². The Bertz CT molecular complexity index is 544. The van der Waals surface area contributed by atoms with Gasteiger partial charge in [-0.05, 0) is 30.9 Å². The summed E-state index contributed by atoms with van der Waals surface area (Å²) >= 11 is 0. The van der Waals surface area contributed by atoms with Gasteiger partial charge >= 0.3 is 0 Å². The van der Waals surface area contributed by atoms with Gasteiger partial charge in [0.05, 0.1) is 11.2 Å². The van der Waals surface area contributed by atoms with E-state index in [1.165, 1.54) is 16.6 Å². The van der Waals surface area contributed by atoms with Crippen molar-refractivity contribution in [3.63, 3.8) is 0 Å². The summed E-state index contributed by atoms with van der Waals surface area (Å²) in [6.07, 6.45) is 2.18. The molecule has 0 fully saturated rings. The zero-order chi connectivity index (χ0) is 13.9. The van der Waals surface area contributed by atoms with E-state index in [0.29, 0.717) is 0 Å². The predicted octanol–water partition coefficient (Wildman–Crippen LogP) is 3.14. The molecular formula is C16H25N3. The van der Waals surface area contributed by atoms with Gasteiger partial charge in [0.15, 0.2) is 0 Å². The third-order valence-corrected chi connectivity index (χ3v) is 4.08. The summed E-state index contributed by atoms with van der Waals surface area (Å²) in [5, 5.41) is 9.49. The van der Waals surface area contributed by atoms with E-state index in [1.807, 2.05) is 11.7 Å². The van der Waals surface area contributed by atoms with Crippen molar-refractivity contribution >= 4 is 10.9 Å². The molecule has 3 heteroatoms. The number of aromatic nitrogens is 2. The van der Waals surface area contributed by atoms with E-state index < -0.39 is 0 Å². The molecule has 0 saturated heterocycles. The monoisotopic (exact) mass is 259 g/mol. The molecule has 0 bridgehead atoms. The first-order valence-corrected chi connectivity index (χ1v) is 7.21. The van der Waals surface area contributed by atoms with Crippen molar-refractivity contribution in [3.8, 4) is 0 Å². The number of hydrogen-bond acceptors (Lipinski definition) is 2. The number of fused-ring (bicyclic) bond motifs is 1. The minimum Gasteiger partial charge on any atom is -0.316 e. The van der Waals surface area contributed by atoms with Crippen molar-refractivity contribution in [3.05, 3.63) is 30.0 Å². The van der Waals surface area contributed by atoms with Gasteiger partial charge in [-0.1, -0.05) is 39.0 Å². The first-order valence-electron chi connectivity index (χ1n) is 7.21. The fourth-order valence-electron chi connectivity index (χ4n) is 2.56. The highest BCUT2D eigenvalue weighted by Gasteiger charge is 2.24. The maximum Gasteiger partial charge on any atom is 0.0709 e. The molecule has 1 aromatic heterocycles. The number of hydrogen-bond donors (Lipinski definition) is 1. The first-order chi connectivity index (χ1) is 9.09. The highest BCUT2D eigenvalue weighted by molar-refractivity contribution is 5.81. The molecule has 1 heterocycles. The molecule has 0 saturated carbocycles. The molecule has 2 aromatic rings. The number of para-hydroxylation sites is 1. The van der Waals surface area contributed by atoms with Crippen molar-refractivity contribution < 1.29 is 0 Å². The van der Waals surface area contributed by atoms with Crippen molar-refractivity contribution in [2.45, 2.75) is 33.6 Å². The molecule has 1 atom stereocenters. The van der Waals surface area contributed by atoms with Crippen molar-refractivity contribution in [1.82, 2.24) is 15.1 Å². The average Bonchev–Trinajstić information content (AvgIpc) is 2.74. The molecule has 1 unspecified atom stereocenters. The van der Waals surface area contributed by atoms with Crippen LogP contribution < -0.4 is 5.32 Å². The summed E-state index contributed by atoms with van der Waals surface area (Å²) in [5.41, 5.74) is 2.72. The maximum atomic E-state index is 4.72. The minimum atomic E-state index is 0.271. The summed E-state index contributed by atoms with van der Waals surface area (Å²) in [6, 6.07) is 8.49. The number of benzene rings is 1. The van der Waals surface area contributed by atoms with E-state index in [-0.39, 0.29) is 5.41 Å². The predicted molar refractivity (Wildman–Crippen MR) is 81.4 cm³/mol. The van der Waals surface area contributed by atoms with E-state index in [1.54, 1.807) is 0 Å².